The van der Waals surface area contributed by atoms with Gasteiger partial charge in [0, 0.05) is 16.9 Å². The lowest BCUT2D eigenvalue weighted by Crippen LogP contribution is -2.44. The molecule has 1 rings (SSSR count). The second-order valence-electron chi connectivity index (χ2n) is 5.61. The second kappa shape index (κ2) is 12.0. The maximum Gasteiger partial charge on any atom is 0.329 e. The van der Waals surface area contributed by atoms with E-state index in [1.165, 1.54) is 37.7 Å². The van der Waals surface area contributed by atoms with Crippen molar-refractivity contribution in [2.75, 3.05) is 38.2 Å². The molecule has 2 unspecified atom stereocenters. The van der Waals surface area contributed by atoms with E-state index in [1.54, 1.807) is 12.3 Å². The van der Waals surface area contributed by atoms with E-state index in [9.17, 15) is 19.2 Å². The Bertz CT molecular complexity index is 664. The highest BCUT2D eigenvalue weighted by Crippen LogP contribution is 2.22. The molecule has 0 radical (unpaired) electrons. The quantitative estimate of drug-likeness (QED) is 0.516. The minimum absolute atomic E-state index is 0.296. The van der Waals surface area contributed by atoms with E-state index in [0.29, 0.717) is 27.5 Å². The number of thioether (sulfide) groups is 2. The molecular formula is C17H24N2O6S3. The normalized spacial score (nSPS) is 12.6. The third-order valence-corrected chi connectivity index (χ3v) is 6.15. The highest BCUT2D eigenvalue weighted by Gasteiger charge is 2.27. The molecule has 0 saturated carbocycles. The van der Waals surface area contributed by atoms with E-state index in [1.807, 2.05) is 12.5 Å². The lowest BCUT2D eigenvalue weighted by molar-refractivity contribution is -0.143. The van der Waals surface area contributed by atoms with Gasteiger partial charge in [0.2, 0.25) is 0 Å². The standard InChI is InChI=1S/C17H24N2O6S3/c1-9-10(14(20)18-11(7-26-4)16(22)24-2)6-28-13(9)15(21)19-12(8-27-5)17(23)25-3/h6,11-12H,7-8H2,1-5H3,(H,18,20)(H,19,21). The molecule has 11 heteroatoms. The molecule has 0 saturated heterocycles. The molecule has 2 N–H and O–H groups in total. The van der Waals surface area contributed by atoms with E-state index >= 15 is 0 Å². The molecule has 0 bridgehead atoms. The van der Waals surface area contributed by atoms with E-state index in [0.717, 1.165) is 11.3 Å². The van der Waals surface area contributed by atoms with Gasteiger partial charge in [-0.15, -0.1) is 11.3 Å². The smallest absolute Gasteiger partial charge is 0.329 e. The van der Waals surface area contributed by atoms with E-state index in [2.05, 4.69) is 10.6 Å². The number of rotatable bonds is 10. The Morgan fingerprint density at radius 2 is 1.43 bits per heavy atom. The molecule has 1 aromatic heterocycles. The highest BCUT2D eigenvalue weighted by atomic mass is 32.2. The van der Waals surface area contributed by atoms with Crippen molar-refractivity contribution in [1.29, 1.82) is 0 Å². The first-order valence-corrected chi connectivity index (χ1v) is 11.8. The van der Waals surface area contributed by atoms with Gasteiger partial charge in [-0.2, -0.15) is 23.5 Å². The molecule has 1 heterocycles. The minimum atomic E-state index is -0.783. The van der Waals surface area contributed by atoms with Crippen LogP contribution in [0.3, 0.4) is 0 Å². The van der Waals surface area contributed by atoms with Gasteiger partial charge in [-0.1, -0.05) is 0 Å². The van der Waals surface area contributed by atoms with Gasteiger partial charge in [0.1, 0.15) is 12.1 Å². The topological polar surface area (TPSA) is 111 Å². The van der Waals surface area contributed by atoms with Gasteiger partial charge in [-0.25, -0.2) is 9.59 Å². The molecule has 156 valence electrons. The maximum atomic E-state index is 12.6. The van der Waals surface area contributed by atoms with Crippen LogP contribution in [0.2, 0.25) is 0 Å². The van der Waals surface area contributed by atoms with Crippen molar-refractivity contribution in [3.8, 4) is 0 Å². The first kappa shape index (κ1) is 24.3. The monoisotopic (exact) mass is 448 g/mol. The lowest BCUT2D eigenvalue weighted by Gasteiger charge is -2.16. The molecule has 0 aromatic carbocycles. The Morgan fingerprint density at radius 1 is 0.964 bits per heavy atom. The second-order valence-corrected chi connectivity index (χ2v) is 8.31. The van der Waals surface area contributed by atoms with Crippen molar-refractivity contribution in [2.24, 2.45) is 0 Å². The molecule has 0 aliphatic rings. The van der Waals surface area contributed by atoms with E-state index < -0.39 is 35.8 Å². The number of carbonyl (C=O) groups is 4. The van der Waals surface area contributed by atoms with Crippen LogP contribution in [-0.4, -0.2) is 74.1 Å². The fraction of sp³-hybridized carbons (Fsp3) is 0.529. The number of ether oxygens (including phenoxy) is 2. The Kier molecular flexibility index (Phi) is 10.4. The first-order valence-electron chi connectivity index (χ1n) is 8.13. The molecule has 1 aromatic rings. The number of hydrogen-bond acceptors (Lipinski definition) is 9. The largest absolute Gasteiger partial charge is 0.467 e. The van der Waals surface area contributed by atoms with Crippen LogP contribution in [0.25, 0.3) is 0 Å². The molecule has 2 amide bonds. The zero-order valence-electron chi connectivity index (χ0n) is 16.3. The number of hydrogen-bond donors (Lipinski definition) is 2. The van der Waals surface area contributed by atoms with Crippen LogP contribution < -0.4 is 10.6 Å². The van der Waals surface area contributed by atoms with Gasteiger partial charge >= 0.3 is 11.9 Å². The van der Waals surface area contributed by atoms with Crippen LogP contribution in [0.4, 0.5) is 0 Å². The zero-order valence-corrected chi connectivity index (χ0v) is 18.8. The van der Waals surface area contributed by atoms with Crippen molar-refractivity contribution in [3.63, 3.8) is 0 Å². The number of nitrogens with one attached hydrogen (secondary N) is 2. The minimum Gasteiger partial charge on any atom is -0.467 e. The fourth-order valence-electron chi connectivity index (χ4n) is 2.28. The average molecular weight is 449 g/mol. The fourth-order valence-corrected chi connectivity index (χ4v) is 4.36. The molecule has 0 aliphatic heterocycles. The summed E-state index contributed by atoms with van der Waals surface area (Å²) in [5.74, 6) is -1.26. The predicted octanol–water partition coefficient (Wildman–Crippen LogP) is 1.33. The van der Waals surface area contributed by atoms with E-state index in [-0.39, 0.29) is 0 Å². The molecule has 8 nitrogen and oxygen atoms in total. The van der Waals surface area contributed by atoms with Gasteiger partial charge in [-0.05, 0) is 25.0 Å². The Balaban J connectivity index is 2.94. The predicted molar refractivity (Wildman–Crippen MR) is 112 cm³/mol. The average Bonchev–Trinajstić information content (AvgIpc) is 3.07. The Labute approximate surface area is 176 Å². The van der Waals surface area contributed by atoms with Gasteiger partial charge < -0.3 is 20.1 Å². The van der Waals surface area contributed by atoms with Crippen LogP contribution in [0.1, 0.15) is 25.6 Å². The number of thiophene rings is 1. The molecule has 28 heavy (non-hydrogen) atoms. The summed E-state index contributed by atoms with van der Waals surface area (Å²) in [4.78, 5) is 49.0. The van der Waals surface area contributed by atoms with Crippen molar-refractivity contribution in [3.05, 3.63) is 21.4 Å². The van der Waals surface area contributed by atoms with Gasteiger partial charge in [0.25, 0.3) is 11.8 Å². The Morgan fingerprint density at radius 3 is 1.86 bits per heavy atom. The number of amides is 2. The van der Waals surface area contributed by atoms with Gasteiger partial charge in [-0.3, -0.25) is 9.59 Å². The van der Waals surface area contributed by atoms with Crippen molar-refractivity contribution < 1.29 is 28.7 Å². The first-order chi connectivity index (χ1) is 13.3. The Hall–Kier alpha value is -1.72. The van der Waals surface area contributed by atoms with Crippen molar-refractivity contribution in [1.82, 2.24) is 10.6 Å². The van der Waals surface area contributed by atoms with Crippen LogP contribution in [0, 0.1) is 6.92 Å². The van der Waals surface area contributed by atoms with Crippen LogP contribution in [0.15, 0.2) is 5.38 Å². The van der Waals surface area contributed by atoms with Crippen LogP contribution in [-0.2, 0) is 19.1 Å². The summed E-state index contributed by atoms with van der Waals surface area (Å²) < 4.78 is 9.40. The summed E-state index contributed by atoms with van der Waals surface area (Å²) in [7, 11) is 2.51. The molecule has 0 aliphatic carbocycles. The summed E-state index contributed by atoms with van der Waals surface area (Å²) in [6.45, 7) is 1.64. The number of carbonyl (C=O) groups excluding carboxylic acids is 4. The summed E-state index contributed by atoms with van der Waals surface area (Å²) in [5.41, 5.74) is 0.769. The molecular weight excluding hydrogens is 424 g/mol. The molecule has 0 fully saturated rings. The number of methoxy groups -OCH3 is 2. The van der Waals surface area contributed by atoms with Gasteiger partial charge in [0.15, 0.2) is 0 Å². The lowest BCUT2D eigenvalue weighted by atomic mass is 10.1. The molecule has 2 atom stereocenters. The third-order valence-electron chi connectivity index (χ3n) is 3.74. The third kappa shape index (κ3) is 6.42. The van der Waals surface area contributed by atoms with E-state index in [4.69, 9.17) is 9.47 Å². The molecule has 0 spiro atoms. The summed E-state index contributed by atoms with van der Waals surface area (Å²) in [5, 5.41) is 6.81. The summed E-state index contributed by atoms with van der Waals surface area (Å²) >= 11 is 3.89. The SMILES string of the molecule is COC(=O)C(CSC)NC(=O)c1csc(C(=O)NC(CSC)C(=O)OC)c1C. The maximum absolute atomic E-state index is 12.6. The van der Waals surface area contributed by atoms with Crippen LogP contribution in [0.5, 0.6) is 0 Å². The summed E-state index contributed by atoms with van der Waals surface area (Å²) in [6, 6.07) is -1.56. The van der Waals surface area contributed by atoms with Crippen LogP contribution >= 0.6 is 34.9 Å². The van der Waals surface area contributed by atoms with Crippen molar-refractivity contribution in [2.45, 2.75) is 19.0 Å². The summed E-state index contributed by atoms with van der Waals surface area (Å²) in [6.07, 6.45) is 3.62. The van der Waals surface area contributed by atoms with Crippen molar-refractivity contribution >= 4 is 58.6 Å². The zero-order chi connectivity index (χ0) is 21.3. The number of esters is 2. The highest BCUT2D eigenvalue weighted by molar-refractivity contribution is 7.98. The van der Waals surface area contributed by atoms with Gasteiger partial charge in [0.05, 0.1) is 24.7 Å².